The molecule has 1 atom stereocenters. The van der Waals surface area contributed by atoms with Gasteiger partial charge in [0.1, 0.15) is 6.10 Å². The number of ether oxygens (including phenoxy) is 1. The van der Waals surface area contributed by atoms with Crippen LogP contribution in [0.3, 0.4) is 0 Å². The van der Waals surface area contributed by atoms with Gasteiger partial charge in [-0.15, -0.1) is 0 Å². The molecule has 0 rings (SSSR count). The van der Waals surface area contributed by atoms with E-state index in [-0.39, 0.29) is 12.4 Å². The number of hydrogen-bond donors (Lipinski definition) is 1. The van der Waals surface area contributed by atoms with E-state index in [9.17, 15) is 9.59 Å². The number of hydrogen-bond acceptors (Lipinski definition) is 3. The number of carboxylic acids is 1. The van der Waals surface area contributed by atoms with Crippen molar-refractivity contribution < 1.29 is 19.4 Å². The smallest absolute Gasteiger partial charge is 0.307 e. The van der Waals surface area contributed by atoms with Gasteiger partial charge in [-0.25, -0.2) is 0 Å². The highest BCUT2D eigenvalue weighted by atomic mass is 16.5. The highest BCUT2D eigenvalue weighted by molar-refractivity contribution is 5.71. The van der Waals surface area contributed by atoms with Gasteiger partial charge >= 0.3 is 11.9 Å². The zero-order valence-electron chi connectivity index (χ0n) is 18.0. The van der Waals surface area contributed by atoms with Gasteiger partial charge in [0.05, 0.1) is 6.42 Å². The Kier molecular flexibility index (Phi) is 18.9. The van der Waals surface area contributed by atoms with E-state index in [1.807, 2.05) is 0 Å². The molecular weight excluding hydrogens is 340 g/mol. The van der Waals surface area contributed by atoms with Gasteiger partial charge in [-0.3, -0.25) is 9.59 Å². The molecule has 4 nitrogen and oxygen atoms in total. The van der Waals surface area contributed by atoms with Crippen molar-refractivity contribution in [2.75, 3.05) is 0 Å². The topological polar surface area (TPSA) is 63.6 Å². The van der Waals surface area contributed by atoms with Crippen molar-refractivity contribution in [3.63, 3.8) is 0 Å². The molecule has 0 fully saturated rings. The summed E-state index contributed by atoms with van der Waals surface area (Å²) in [5, 5.41) is 9.05. The van der Waals surface area contributed by atoms with Crippen molar-refractivity contribution in [2.24, 2.45) is 0 Å². The second-order valence-corrected chi connectivity index (χ2v) is 7.84. The van der Waals surface area contributed by atoms with E-state index in [2.05, 4.69) is 13.8 Å². The fourth-order valence-electron chi connectivity index (χ4n) is 3.37. The maximum absolute atomic E-state index is 12.0. The van der Waals surface area contributed by atoms with Crippen LogP contribution in [0.15, 0.2) is 0 Å². The maximum atomic E-state index is 12.0. The molecule has 0 aliphatic heterocycles. The van der Waals surface area contributed by atoms with E-state index in [1.54, 1.807) is 0 Å². The summed E-state index contributed by atoms with van der Waals surface area (Å²) >= 11 is 0. The van der Waals surface area contributed by atoms with Gasteiger partial charge in [-0.2, -0.15) is 0 Å². The van der Waals surface area contributed by atoms with Gasteiger partial charge in [0.15, 0.2) is 0 Å². The number of unbranched alkanes of at least 4 members (excludes halogenated alkanes) is 13. The van der Waals surface area contributed by atoms with E-state index < -0.39 is 12.1 Å². The number of carbonyl (C=O) groups excluding carboxylic acids is 1. The normalized spacial score (nSPS) is 12.1. The van der Waals surface area contributed by atoms with Crippen LogP contribution in [0.5, 0.6) is 0 Å². The Bertz CT molecular complexity index is 354. The fourth-order valence-corrected chi connectivity index (χ4v) is 3.37. The molecule has 0 unspecified atom stereocenters. The molecule has 0 aromatic heterocycles. The van der Waals surface area contributed by atoms with Crippen LogP contribution in [-0.2, 0) is 14.3 Å². The predicted octanol–water partition coefficient (Wildman–Crippen LogP) is 7.04. The van der Waals surface area contributed by atoms with E-state index in [0.29, 0.717) is 12.8 Å². The molecule has 27 heavy (non-hydrogen) atoms. The fraction of sp³-hybridized carbons (Fsp3) is 0.913. The monoisotopic (exact) mass is 384 g/mol. The molecule has 0 saturated carbocycles. The SMILES string of the molecule is CCCCCCCCCCC[C@H](CC(=O)O)OC(=O)CCCCCCCC. The van der Waals surface area contributed by atoms with Crippen molar-refractivity contribution in [1.29, 1.82) is 0 Å². The van der Waals surface area contributed by atoms with Gasteiger partial charge in [0, 0.05) is 6.42 Å². The maximum Gasteiger partial charge on any atom is 0.307 e. The molecule has 0 aliphatic carbocycles. The molecule has 0 amide bonds. The quantitative estimate of drug-likeness (QED) is 0.180. The summed E-state index contributed by atoms with van der Waals surface area (Å²) in [6, 6.07) is 0. The van der Waals surface area contributed by atoms with Crippen LogP contribution in [-0.4, -0.2) is 23.1 Å². The number of esters is 1. The van der Waals surface area contributed by atoms with Crippen LogP contribution < -0.4 is 0 Å². The molecule has 0 saturated heterocycles. The Morgan fingerprint density at radius 1 is 0.704 bits per heavy atom. The molecule has 0 bridgehead atoms. The third-order valence-electron chi connectivity index (χ3n) is 5.06. The predicted molar refractivity (Wildman–Crippen MR) is 112 cm³/mol. The Labute approximate surface area is 167 Å². The molecule has 0 aromatic carbocycles. The van der Waals surface area contributed by atoms with Crippen molar-refractivity contribution in [3.8, 4) is 0 Å². The minimum absolute atomic E-state index is 0.0702. The summed E-state index contributed by atoms with van der Waals surface area (Å²) in [5.41, 5.74) is 0. The molecular formula is C23H44O4. The molecule has 0 aromatic rings. The summed E-state index contributed by atoms with van der Waals surface area (Å²) < 4.78 is 5.44. The molecule has 0 heterocycles. The lowest BCUT2D eigenvalue weighted by molar-refractivity contribution is -0.153. The third kappa shape index (κ3) is 19.5. The average molecular weight is 385 g/mol. The van der Waals surface area contributed by atoms with Crippen LogP contribution in [0.1, 0.15) is 129 Å². The van der Waals surface area contributed by atoms with E-state index >= 15 is 0 Å². The highest BCUT2D eigenvalue weighted by Crippen LogP contribution is 2.15. The van der Waals surface area contributed by atoms with Crippen molar-refractivity contribution in [2.45, 2.75) is 136 Å². The largest absolute Gasteiger partial charge is 0.481 e. The van der Waals surface area contributed by atoms with E-state index in [0.717, 1.165) is 32.1 Å². The minimum Gasteiger partial charge on any atom is -0.481 e. The second-order valence-electron chi connectivity index (χ2n) is 7.84. The molecule has 160 valence electrons. The first-order valence-corrected chi connectivity index (χ1v) is 11.5. The Morgan fingerprint density at radius 2 is 1.15 bits per heavy atom. The Hall–Kier alpha value is -1.06. The van der Waals surface area contributed by atoms with E-state index in [1.165, 1.54) is 64.2 Å². The molecule has 0 spiro atoms. The van der Waals surface area contributed by atoms with Crippen LogP contribution >= 0.6 is 0 Å². The third-order valence-corrected chi connectivity index (χ3v) is 5.06. The lowest BCUT2D eigenvalue weighted by Gasteiger charge is -2.16. The molecule has 4 heteroatoms. The van der Waals surface area contributed by atoms with Gasteiger partial charge in [-0.05, 0) is 19.3 Å². The summed E-state index contributed by atoms with van der Waals surface area (Å²) in [6.07, 6.45) is 18.4. The first-order valence-electron chi connectivity index (χ1n) is 11.5. The van der Waals surface area contributed by atoms with Crippen molar-refractivity contribution in [1.82, 2.24) is 0 Å². The van der Waals surface area contributed by atoms with E-state index in [4.69, 9.17) is 9.84 Å². The van der Waals surface area contributed by atoms with Crippen molar-refractivity contribution >= 4 is 11.9 Å². The highest BCUT2D eigenvalue weighted by Gasteiger charge is 2.17. The van der Waals surface area contributed by atoms with Crippen LogP contribution in [0.4, 0.5) is 0 Å². The summed E-state index contributed by atoms with van der Waals surface area (Å²) in [5.74, 6) is -1.11. The summed E-state index contributed by atoms with van der Waals surface area (Å²) in [4.78, 5) is 23.0. The standard InChI is InChI=1S/C23H44O4/c1-3-5-7-9-11-12-13-14-16-18-21(20-22(24)25)27-23(26)19-17-15-10-8-6-4-2/h21H,3-20H2,1-2H3,(H,24,25)/t21-/m1/s1. The van der Waals surface area contributed by atoms with Crippen LogP contribution in [0, 0.1) is 0 Å². The molecule has 1 N–H and O–H groups in total. The minimum atomic E-state index is -0.886. The van der Waals surface area contributed by atoms with Crippen LogP contribution in [0.2, 0.25) is 0 Å². The first-order chi connectivity index (χ1) is 13.1. The summed E-state index contributed by atoms with van der Waals surface area (Å²) in [7, 11) is 0. The van der Waals surface area contributed by atoms with Gasteiger partial charge in [-0.1, -0.05) is 97.3 Å². The summed E-state index contributed by atoms with van der Waals surface area (Å²) in [6.45, 7) is 4.42. The van der Waals surface area contributed by atoms with Gasteiger partial charge in [0.2, 0.25) is 0 Å². The first kappa shape index (κ1) is 25.9. The Balaban J connectivity index is 3.80. The molecule has 0 aliphatic rings. The average Bonchev–Trinajstić information content (AvgIpc) is 2.62. The van der Waals surface area contributed by atoms with Crippen molar-refractivity contribution in [3.05, 3.63) is 0 Å². The zero-order chi connectivity index (χ0) is 20.2. The number of carboxylic acid groups (broad SMARTS) is 1. The number of rotatable bonds is 20. The lowest BCUT2D eigenvalue weighted by atomic mass is 10.0. The second kappa shape index (κ2) is 19.7. The van der Waals surface area contributed by atoms with Gasteiger partial charge in [0.25, 0.3) is 0 Å². The Morgan fingerprint density at radius 3 is 1.63 bits per heavy atom. The van der Waals surface area contributed by atoms with Crippen LogP contribution in [0.25, 0.3) is 0 Å². The number of carbonyl (C=O) groups is 2. The lowest BCUT2D eigenvalue weighted by Crippen LogP contribution is -2.21. The van der Waals surface area contributed by atoms with Gasteiger partial charge < -0.3 is 9.84 Å². The number of aliphatic carboxylic acids is 1. The zero-order valence-corrected chi connectivity index (χ0v) is 18.0. The molecule has 0 radical (unpaired) electrons.